The molecule has 0 unspecified atom stereocenters. The van der Waals surface area contributed by atoms with Gasteiger partial charge in [0.1, 0.15) is 5.21 Å². The number of para-hydroxylation sites is 2. The molecule has 2 aromatic rings. The number of amidine groups is 1. The standard InChI is InChI=1S/C11H16N5O2/c1-13(2)11(14(3)4)18-16-10-8-6-5-7-9(10)15(17)12-16/h5-8H,1-4H3/q+1. The molecule has 0 N–H and O–H groups in total. The monoisotopic (exact) mass is 250 g/mol. The van der Waals surface area contributed by atoms with Crippen LogP contribution in [0.5, 0.6) is 0 Å². The van der Waals surface area contributed by atoms with Gasteiger partial charge in [0.05, 0.1) is 33.0 Å². The van der Waals surface area contributed by atoms with E-state index in [1.165, 1.54) is 4.85 Å². The van der Waals surface area contributed by atoms with Crippen molar-refractivity contribution in [3.63, 3.8) is 0 Å². The maximum Gasteiger partial charge on any atom is 0.491 e. The van der Waals surface area contributed by atoms with Gasteiger partial charge in [-0.2, -0.15) is 4.84 Å². The molecule has 0 saturated heterocycles. The number of fused-ring (bicyclic) bond motifs is 1. The van der Waals surface area contributed by atoms with Crippen molar-refractivity contribution in [2.75, 3.05) is 28.2 Å². The van der Waals surface area contributed by atoms with Crippen molar-refractivity contribution in [2.24, 2.45) is 0 Å². The van der Waals surface area contributed by atoms with Gasteiger partial charge in [-0.15, -0.1) is 4.85 Å². The molecular formula is C11H16N5O2+. The van der Waals surface area contributed by atoms with Gasteiger partial charge in [0.15, 0.2) is 0 Å². The summed E-state index contributed by atoms with van der Waals surface area (Å²) in [5.41, 5.74) is 1.09. The van der Waals surface area contributed by atoms with Crippen LogP contribution >= 0.6 is 0 Å². The summed E-state index contributed by atoms with van der Waals surface area (Å²) >= 11 is 0. The summed E-state index contributed by atoms with van der Waals surface area (Å²) in [6, 6.07) is 7.66. The van der Waals surface area contributed by atoms with E-state index in [4.69, 9.17) is 4.84 Å². The Morgan fingerprint density at radius 3 is 2.67 bits per heavy atom. The minimum atomic E-state index is 0.467. The van der Waals surface area contributed by atoms with Crippen LogP contribution in [0.4, 0.5) is 0 Å². The van der Waals surface area contributed by atoms with Crippen molar-refractivity contribution < 1.29 is 14.3 Å². The molecule has 0 aliphatic heterocycles. The highest BCUT2D eigenvalue weighted by Crippen LogP contribution is 2.06. The second-order valence-electron chi connectivity index (χ2n) is 4.29. The lowest BCUT2D eigenvalue weighted by Gasteiger charge is -2.06. The Morgan fingerprint density at radius 2 is 2.06 bits per heavy atom. The second-order valence-corrected chi connectivity index (χ2v) is 4.29. The molecule has 0 aliphatic carbocycles. The van der Waals surface area contributed by atoms with Crippen LogP contribution < -0.4 is 9.68 Å². The Hall–Kier alpha value is -2.31. The topological polar surface area (TPSA) is 60.2 Å². The molecule has 18 heavy (non-hydrogen) atoms. The van der Waals surface area contributed by atoms with Gasteiger partial charge in [-0.25, -0.2) is 9.48 Å². The average Bonchev–Trinajstić information content (AvgIpc) is 2.63. The molecule has 0 amide bonds. The average molecular weight is 250 g/mol. The Kier molecular flexibility index (Phi) is 3.05. The van der Waals surface area contributed by atoms with Crippen LogP contribution in [0.15, 0.2) is 24.3 Å². The molecule has 0 saturated carbocycles. The molecular weight excluding hydrogens is 234 g/mol. The Bertz CT molecular complexity index is 598. The van der Waals surface area contributed by atoms with Gasteiger partial charge < -0.3 is 5.21 Å². The van der Waals surface area contributed by atoms with Crippen LogP contribution in [0.3, 0.4) is 0 Å². The predicted octanol–water partition coefficient (Wildman–Crippen LogP) is -0.712. The first kappa shape index (κ1) is 12.2. The molecule has 0 atom stereocenters. The third-order valence-corrected chi connectivity index (χ3v) is 2.39. The zero-order valence-electron chi connectivity index (χ0n) is 10.9. The Labute approximate surface area is 105 Å². The SMILES string of the molecule is CN(C)C(On1n[n+]([O-])c2ccccc21)=[N+](C)C. The van der Waals surface area contributed by atoms with Gasteiger partial charge in [0, 0.05) is 0 Å². The number of rotatable bonds is 1. The van der Waals surface area contributed by atoms with Crippen LogP contribution in [-0.2, 0) is 0 Å². The van der Waals surface area contributed by atoms with E-state index in [1.54, 1.807) is 27.7 Å². The lowest BCUT2D eigenvalue weighted by atomic mass is 10.3. The molecule has 1 aromatic carbocycles. The number of hydrogen-bond donors (Lipinski definition) is 0. The first-order valence-corrected chi connectivity index (χ1v) is 5.48. The van der Waals surface area contributed by atoms with E-state index in [0.717, 1.165) is 0 Å². The largest absolute Gasteiger partial charge is 0.691 e. The highest BCUT2D eigenvalue weighted by Gasteiger charge is 2.23. The number of aromatic nitrogens is 3. The summed E-state index contributed by atoms with van der Waals surface area (Å²) < 4.78 is 1.80. The molecule has 0 fully saturated rings. The van der Waals surface area contributed by atoms with Gasteiger partial charge in [-0.1, -0.05) is 12.1 Å². The van der Waals surface area contributed by atoms with Crippen molar-refractivity contribution in [3.8, 4) is 0 Å². The number of benzene rings is 1. The van der Waals surface area contributed by atoms with E-state index in [9.17, 15) is 5.21 Å². The van der Waals surface area contributed by atoms with Gasteiger partial charge in [-0.3, -0.25) is 0 Å². The van der Waals surface area contributed by atoms with E-state index in [2.05, 4.69) is 5.21 Å². The highest BCUT2D eigenvalue weighted by molar-refractivity contribution is 5.73. The van der Waals surface area contributed by atoms with Crippen LogP contribution in [0.2, 0.25) is 0 Å². The maximum atomic E-state index is 11.6. The fourth-order valence-electron chi connectivity index (χ4n) is 1.67. The fraction of sp³-hybridized carbons (Fsp3) is 0.364. The second kappa shape index (κ2) is 4.52. The molecule has 96 valence electrons. The molecule has 0 aliphatic rings. The molecule has 0 radical (unpaired) electrons. The molecule has 1 heterocycles. The molecule has 7 heteroatoms. The van der Waals surface area contributed by atoms with Crippen molar-refractivity contribution in [2.45, 2.75) is 0 Å². The zero-order chi connectivity index (χ0) is 13.3. The van der Waals surface area contributed by atoms with Gasteiger partial charge in [-0.05, 0) is 12.1 Å². The fourth-order valence-corrected chi connectivity index (χ4v) is 1.67. The molecule has 0 bridgehead atoms. The van der Waals surface area contributed by atoms with Gasteiger partial charge in [0.25, 0.3) is 0 Å². The zero-order valence-corrected chi connectivity index (χ0v) is 10.9. The number of hydrogen-bond acceptors (Lipinski definition) is 3. The van der Waals surface area contributed by atoms with E-state index in [0.29, 0.717) is 21.9 Å². The van der Waals surface area contributed by atoms with E-state index in [-0.39, 0.29) is 0 Å². The van der Waals surface area contributed by atoms with Crippen LogP contribution in [-0.4, -0.2) is 53.7 Å². The third kappa shape index (κ3) is 2.06. The first-order chi connectivity index (χ1) is 8.50. The van der Waals surface area contributed by atoms with Crippen LogP contribution in [0.1, 0.15) is 0 Å². The lowest BCUT2D eigenvalue weighted by molar-refractivity contribution is -0.649. The summed E-state index contributed by atoms with van der Waals surface area (Å²) in [7, 11) is 7.41. The molecule has 1 aromatic heterocycles. The Morgan fingerprint density at radius 1 is 1.39 bits per heavy atom. The lowest BCUT2D eigenvalue weighted by Crippen LogP contribution is -2.40. The summed E-state index contributed by atoms with van der Waals surface area (Å²) in [4.78, 5) is 9.18. The molecule has 2 rings (SSSR count). The molecule has 7 nitrogen and oxygen atoms in total. The van der Waals surface area contributed by atoms with E-state index >= 15 is 0 Å². The number of nitrogens with zero attached hydrogens (tertiary/aromatic N) is 5. The van der Waals surface area contributed by atoms with E-state index < -0.39 is 0 Å². The quantitative estimate of drug-likeness (QED) is 0.290. The normalized spacial score (nSPS) is 10.4. The maximum absolute atomic E-state index is 11.6. The van der Waals surface area contributed by atoms with Crippen molar-refractivity contribution in [1.29, 1.82) is 0 Å². The summed E-state index contributed by atoms with van der Waals surface area (Å²) in [5, 5.41) is 15.4. The van der Waals surface area contributed by atoms with Crippen molar-refractivity contribution in [3.05, 3.63) is 29.5 Å². The van der Waals surface area contributed by atoms with Crippen molar-refractivity contribution >= 4 is 17.1 Å². The third-order valence-electron chi connectivity index (χ3n) is 2.39. The van der Waals surface area contributed by atoms with E-state index in [1.807, 2.05) is 34.3 Å². The van der Waals surface area contributed by atoms with Gasteiger partial charge >= 0.3 is 6.02 Å². The minimum Gasteiger partial charge on any atom is -0.691 e. The summed E-state index contributed by atoms with van der Waals surface area (Å²) in [6.07, 6.45) is 0. The highest BCUT2D eigenvalue weighted by atomic mass is 16.7. The smallest absolute Gasteiger partial charge is 0.491 e. The van der Waals surface area contributed by atoms with Gasteiger partial charge in [0.2, 0.25) is 11.0 Å². The molecule has 0 spiro atoms. The summed E-state index contributed by atoms with van der Waals surface area (Å²) in [6.45, 7) is 0. The first-order valence-electron chi connectivity index (χ1n) is 5.48. The minimum absolute atomic E-state index is 0.467. The van der Waals surface area contributed by atoms with Crippen molar-refractivity contribution in [1.82, 2.24) is 15.0 Å². The van der Waals surface area contributed by atoms with Crippen LogP contribution in [0.25, 0.3) is 11.0 Å². The summed E-state index contributed by atoms with van der Waals surface area (Å²) in [5.74, 6) is 0. The van der Waals surface area contributed by atoms with Crippen LogP contribution in [0, 0.1) is 5.21 Å². The Balaban J connectivity index is 2.47. The predicted molar refractivity (Wildman–Crippen MR) is 66.1 cm³/mol.